The topological polar surface area (TPSA) is 65.7 Å². The molecule has 0 aliphatic carbocycles. The normalized spacial score (nSPS) is 17.2. The van der Waals surface area contributed by atoms with Crippen LogP contribution in [0, 0.1) is 0 Å². The van der Waals surface area contributed by atoms with Gasteiger partial charge >= 0.3 is 0 Å². The second kappa shape index (κ2) is 10.1. The largest absolute Gasteiger partial charge is 0.497 e. The van der Waals surface area contributed by atoms with E-state index in [0.29, 0.717) is 6.54 Å². The SMILES string of the molecule is COc1ccc(OCC(O)Cn2c(C3CCCO3)nc3ccccc32)c(C(C)(C)C)c1.Cl. The standard InChI is InChI=1S/C25H32N2O4.ClH/c1-25(2,3)19-14-18(29-4)11-12-22(19)31-16-17(28)15-27-21-9-6-5-8-20(21)26-24(27)23-10-7-13-30-23;/h5-6,8-9,11-12,14,17,23,28H,7,10,13,15-16H2,1-4H3;1H. The van der Waals surface area contributed by atoms with Crippen LogP contribution in [0.15, 0.2) is 42.5 Å². The van der Waals surface area contributed by atoms with Gasteiger partial charge in [-0.25, -0.2) is 4.98 Å². The van der Waals surface area contributed by atoms with Gasteiger partial charge in [-0.2, -0.15) is 0 Å². The van der Waals surface area contributed by atoms with Crippen LogP contribution < -0.4 is 9.47 Å². The lowest BCUT2D eigenvalue weighted by atomic mass is 9.86. The first-order chi connectivity index (χ1) is 14.9. The van der Waals surface area contributed by atoms with Crippen molar-refractivity contribution in [3.05, 3.63) is 53.9 Å². The van der Waals surface area contributed by atoms with Crippen molar-refractivity contribution in [1.82, 2.24) is 9.55 Å². The van der Waals surface area contributed by atoms with E-state index in [0.717, 1.165) is 53.4 Å². The van der Waals surface area contributed by atoms with Gasteiger partial charge in [-0.15, -0.1) is 12.4 Å². The highest BCUT2D eigenvalue weighted by molar-refractivity contribution is 5.85. The summed E-state index contributed by atoms with van der Waals surface area (Å²) < 4.78 is 19.4. The van der Waals surface area contributed by atoms with E-state index in [-0.39, 0.29) is 30.5 Å². The Morgan fingerprint density at radius 1 is 1.22 bits per heavy atom. The molecule has 0 saturated carbocycles. The van der Waals surface area contributed by atoms with E-state index in [1.165, 1.54) is 0 Å². The average Bonchev–Trinajstić information content (AvgIpc) is 3.40. The van der Waals surface area contributed by atoms with Gasteiger partial charge in [0.1, 0.15) is 36.1 Å². The number of nitrogens with zero attached hydrogens (tertiary/aromatic N) is 2. The van der Waals surface area contributed by atoms with Crippen LogP contribution in [0.1, 0.15) is 51.1 Å². The van der Waals surface area contributed by atoms with E-state index in [9.17, 15) is 5.11 Å². The van der Waals surface area contributed by atoms with Crippen LogP contribution >= 0.6 is 12.4 Å². The smallest absolute Gasteiger partial charge is 0.139 e. The fourth-order valence-corrected chi connectivity index (χ4v) is 4.11. The Bertz CT molecular complexity index is 1040. The molecular formula is C25H33ClN2O4. The van der Waals surface area contributed by atoms with Gasteiger partial charge in [-0.1, -0.05) is 32.9 Å². The van der Waals surface area contributed by atoms with E-state index in [2.05, 4.69) is 25.3 Å². The maximum absolute atomic E-state index is 10.9. The molecule has 2 heterocycles. The van der Waals surface area contributed by atoms with Crippen molar-refractivity contribution in [1.29, 1.82) is 0 Å². The predicted octanol–water partition coefficient (Wildman–Crippen LogP) is 5.06. The lowest BCUT2D eigenvalue weighted by molar-refractivity contribution is 0.0800. The molecule has 174 valence electrons. The van der Waals surface area contributed by atoms with Gasteiger partial charge in [0.15, 0.2) is 0 Å². The molecule has 3 aromatic rings. The summed E-state index contributed by atoms with van der Waals surface area (Å²) in [7, 11) is 1.66. The fourth-order valence-electron chi connectivity index (χ4n) is 4.11. The third-order valence-electron chi connectivity index (χ3n) is 5.72. The molecule has 0 radical (unpaired) electrons. The maximum atomic E-state index is 10.9. The van der Waals surface area contributed by atoms with Gasteiger partial charge in [0, 0.05) is 12.2 Å². The molecular weight excluding hydrogens is 428 g/mol. The molecule has 1 N–H and O–H groups in total. The summed E-state index contributed by atoms with van der Waals surface area (Å²) in [6, 6.07) is 13.8. The minimum Gasteiger partial charge on any atom is -0.497 e. The van der Waals surface area contributed by atoms with E-state index < -0.39 is 6.10 Å². The van der Waals surface area contributed by atoms with Crippen LogP contribution in [0.4, 0.5) is 0 Å². The molecule has 1 aliphatic rings. The number of para-hydroxylation sites is 2. The number of benzene rings is 2. The summed E-state index contributed by atoms with van der Waals surface area (Å²) >= 11 is 0. The molecule has 1 saturated heterocycles. The van der Waals surface area contributed by atoms with Gasteiger partial charge in [0.05, 0.1) is 24.7 Å². The second-order valence-electron chi connectivity index (χ2n) is 9.15. The Morgan fingerprint density at radius 3 is 2.69 bits per heavy atom. The highest BCUT2D eigenvalue weighted by Gasteiger charge is 2.26. The van der Waals surface area contributed by atoms with E-state index >= 15 is 0 Å². The molecule has 1 aliphatic heterocycles. The predicted molar refractivity (Wildman–Crippen MR) is 128 cm³/mol. The number of aliphatic hydroxyl groups is 1. The van der Waals surface area contributed by atoms with Crippen molar-refractivity contribution in [2.75, 3.05) is 20.3 Å². The zero-order valence-corrected chi connectivity index (χ0v) is 20.0. The van der Waals surface area contributed by atoms with Crippen molar-refractivity contribution in [3.63, 3.8) is 0 Å². The quantitative estimate of drug-likeness (QED) is 0.534. The number of halogens is 1. The Hall–Kier alpha value is -2.28. The Kier molecular flexibility index (Phi) is 7.70. The number of hydrogen-bond acceptors (Lipinski definition) is 5. The van der Waals surface area contributed by atoms with Crippen LogP contribution in [0.2, 0.25) is 0 Å². The van der Waals surface area contributed by atoms with Crippen molar-refractivity contribution >= 4 is 23.4 Å². The van der Waals surface area contributed by atoms with Gasteiger partial charge in [-0.05, 0) is 48.6 Å². The van der Waals surface area contributed by atoms with Crippen molar-refractivity contribution in [2.45, 2.75) is 57.8 Å². The highest BCUT2D eigenvalue weighted by Crippen LogP contribution is 2.35. The lowest BCUT2D eigenvalue weighted by Crippen LogP contribution is -2.26. The monoisotopic (exact) mass is 460 g/mol. The number of aliphatic hydroxyl groups excluding tert-OH is 1. The molecule has 2 aromatic carbocycles. The summed E-state index contributed by atoms with van der Waals surface area (Å²) in [4.78, 5) is 4.80. The first-order valence-corrected chi connectivity index (χ1v) is 10.9. The van der Waals surface area contributed by atoms with Crippen LogP contribution in [0.25, 0.3) is 11.0 Å². The third kappa shape index (κ3) is 5.20. The van der Waals surface area contributed by atoms with E-state index in [4.69, 9.17) is 19.2 Å². The van der Waals surface area contributed by atoms with Crippen LogP contribution in [-0.2, 0) is 16.7 Å². The number of hydrogen-bond donors (Lipinski definition) is 1. The summed E-state index contributed by atoms with van der Waals surface area (Å²) in [6.45, 7) is 7.75. The molecule has 0 bridgehead atoms. The Labute approximate surface area is 195 Å². The van der Waals surface area contributed by atoms with Crippen LogP contribution in [0.3, 0.4) is 0 Å². The van der Waals surface area contributed by atoms with Crippen molar-refractivity contribution < 1.29 is 19.3 Å². The highest BCUT2D eigenvalue weighted by atomic mass is 35.5. The Morgan fingerprint density at radius 2 is 2.00 bits per heavy atom. The van der Waals surface area contributed by atoms with Crippen molar-refractivity contribution in [3.8, 4) is 11.5 Å². The number of aromatic nitrogens is 2. The molecule has 32 heavy (non-hydrogen) atoms. The van der Waals surface area contributed by atoms with Gasteiger partial charge in [0.2, 0.25) is 0 Å². The third-order valence-corrected chi connectivity index (χ3v) is 5.72. The molecule has 7 heteroatoms. The molecule has 2 unspecified atom stereocenters. The Balaban J connectivity index is 0.00000289. The minimum absolute atomic E-state index is 0. The molecule has 6 nitrogen and oxygen atoms in total. The summed E-state index contributed by atoms with van der Waals surface area (Å²) in [5.74, 6) is 2.45. The number of rotatable bonds is 7. The molecule has 1 aromatic heterocycles. The van der Waals surface area contributed by atoms with Gasteiger partial charge < -0.3 is 23.9 Å². The van der Waals surface area contributed by atoms with E-state index in [1.807, 2.05) is 42.5 Å². The zero-order valence-electron chi connectivity index (χ0n) is 19.2. The minimum atomic E-state index is -0.687. The van der Waals surface area contributed by atoms with Crippen LogP contribution in [-0.4, -0.2) is 41.1 Å². The molecule has 2 atom stereocenters. The maximum Gasteiger partial charge on any atom is 0.139 e. The molecule has 1 fully saturated rings. The van der Waals surface area contributed by atoms with Gasteiger partial charge in [-0.3, -0.25) is 0 Å². The van der Waals surface area contributed by atoms with Crippen LogP contribution in [0.5, 0.6) is 11.5 Å². The zero-order chi connectivity index (χ0) is 22.0. The first kappa shape index (κ1) is 24.4. The number of methoxy groups -OCH3 is 1. The number of ether oxygens (including phenoxy) is 3. The average molecular weight is 461 g/mol. The number of imidazole rings is 1. The molecule has 4 rings (SSSR count). The molecule has 0 amide bonds. The summed E-state index contributed by atoms with van der Waals surface area (Å²) in [5, 5.41) is 10.9. The first-order valence-electron chi connectivity index (χ1n) is 10.9. The van der Waals surface area contributed by atoms with E-state index in [1.54, 1.807) is 7.11 Å². The van der Waals surface area contributed by atoms with Gasteiger partial charge in [0.25, 0.3) is 0 Å². The lowest BCUT2D eigenvalue weighted by Gasteiger charge is -2.24. The van der Waals surface area contributed by atoms with Crippen molar-refractivity contribution in [2.24, 2.45) is 0 Å². The summed E-state index contributed by atoms with van der Waals surface area (Å²) in [5.41, 5.74) is 2.87. The molecule has 0 spiro atoms. The number of fused-ring (bicyclic) bond motifs is 1. The fraction of sp³-hybridized carbons (Fsp3) is 0.480. The second-order valence-corrected chi connectivity index (χ2v) is 9.15. The summed E-state index contributed by atoms with van der Waals surface area (Å²) in [6.07, 6.45) is 1.28.